The number of hydrogen-bond donors (Lipinski definition) is 1. The van der Waals surface area contributed by atoms with E-state index >= 15 is 0 Å². The molecule has 76 valence electrons. The van der Waals surface area contributed by atoms with Gasteiger partial charge in [-0.05, 0) is 13.0 Å². The Kier molecular flexibility index (Phi) is 2.25. The van der Waals surface area contributed by atoms with Crippen LogP contribution >= 0.6 is 0 Å². The second kappa shape index (κ2) is 3.57. The van der Waals surface area contributed by atoms with E-state index in [1.54, 1.807) is 0 Å². The van der Waals surface area contributed by atoms with Gasteiger partial charge in [-0.25, -0.2) is 0 Å². The van der Waals surface area contributed by atoms with Gasteiger partial charge in [0.15, 0.2) is 0 Å². The predicted octanol–water partition coefficient (Wildman–Crippen LogP) is 1.59. The zero-order valence-electron chi connectivity index (χ0n) is 8.23. The van der Waals surface area contributed by atoms with Crippen LogP contribution in [0.1, 0.15) is 5.56 Å². The maximum Gasteiger partial charge on any atom is 0.295 e. The Balaban J connectivity index is 2.59. The SMILES string of the molecule is Cc1cccc(-c2cc(=O)nc(N)o2)c1. The molecule has 0 unspecified atom stereocenters. The Hall–Kier alpha value is -2.10. The first-order valence-corrected chi connectivity index (χ1v) is 4.50. The molecule has 0 aliphatic carbocycles. The third-order valence-electron chi connectivity index (χ3n) is 1.99. The van der Waals surface area contributed by atoms with E-state index in [9.17, 15) is 4.79 Å². The number of nitrogen functional groups attached to an aromatic ring is 1. The Morgan fingerprint density at radius 2 is 2.13 bits per heavy atom. The lowest BCUT2D eigenvalue weighted by Crippen LogP contribution is -2.07. The van der Waals surface area contributed by atoms with E-state index in [0.717, 1.165) is 11.1 Å². The highest BCUT2D eigenvalue weighted by Gasteiger charge is 2.03. The Morgan fingerprint density at radius 1 is 1.33 bits per heavy atom. The topological polar surface area (TPSA) is 69.1 Å². The molecule has 4 nitrogen and oxygen atoms in total. The fourth-order valence-corrected chi connectivity index (χ4v) is 1.36. The van der Waals surface area contributed by atoms with E-state index in [0.29, 0.717) is 5.76 Å². The van der Waals surface area contributed by atoms with Crippen molar-refractivity contribution in [2.45, 2.75) is 6.92 Å². The lowest BCUT2D eigenvalue weighted by molar-refractivity contribution is 0.564. The molecule has 1 aromatic carbocycles. The van der Waals surface area contributed by atoms with Gasteiger partial charge in [-0.1, -0.05) is 23.8 Å². The molecule has 2 aromatic rings. The Morgan fingerprint density at radius 3 is 2.80 bits per heavy atom. The molecule has 0 amide bonds. The highest BCUT2D eigenvalue weighted by molar-refractivity contribution is 5.58. The van der Waals surface area contributed by atoms with Crippen LogP contribution in [0, 0.1) is 6.92 Å². The summed E-state index contributed by atoms with van der Waals surface area (Å²) in [5.74, 6) is 0.441. The number of aromatic nitrogens is 1. The maximum absolute atomic E-state index is 11.1. The van der Waals surface area contributed by atoms with Crippen LogP contribution in [0.25, 0.3) is 11.3 Å². The van der Waals surface area contributed by atoms with Gasteiger partial charge >= 0.3 is 0 Å². The third-order valence-corrected chi connectivity index (χ3v) is 1.99. The average molecular weight is 202 g/mol. The lowest BCUT2D eigenvalue weighted by Gasteiger charge is -2.01. The highest BCUT2D eigenvalue weighted by Crippen LogP contribution is 2.19. The van der Waals surface area contributed by atoms with Crippen LogP contribution in [0.5, 0.6) is 0 Å². The molecule has 0 aliphatic heterocycles. The Bertz CT molecular complexity index is 546. The standard InChI is InChI=1S/C11H10N2O2/c1-7-3-2-4-8(5-7)9-6-10(14)13-11(12)15-9/h2-6H,1H3,(H2,12,13,14). The van der Waals surface area contributed by atoms with E-state index in [1.165, 1.54) is 6.07 Å². The van der Waals surface area contributed by atoms with Crippen molar-refractivity contribution in [3.63, 3.8) is 0 Å². The summed E-state index contributed by atoms with van der Waals surface area (Å²) < 4.78 is 5.17. The molecule has 2 rings (SSSR count). The van der Waals surface area contributed by atoms with Gasteiger partial charge < -0.3 is 10.2 Å². The molecule has 0 bridgehead atoms. The summed E-state index contributed by atoms with van der Waals surface area (Å²) in [4.78, 5) is 14.6. The number of benzene rings is 1. The molecule has 0 aliphatic rings. The molecule has 1 aromatic heterocycles. The molecular weight excluding hydrogens is 192 g/mol. The number of nitrogens with two attached hydrogens (primary N) is 1. The van der Waals surface area contributed by atoms with Gasteiger partial charge in [-0.15, -0.1) is 0 Å². The van der Waals surface area contributed by atoms with Gasteiger partial charge in [0.2, 0.25) is 0 Å². The minimum absolute atomic E-state index is 0.112. The van der Waals surface area contributed by atoms with Crippen molar-refractivity contribution < 1.29 is 4.42 Å². The van der Waals surface area contributed by atoms with Gasteiger partial charge in [0.05, 0.1) is 0 Å². The summed E-state index contributed by atoms with van der Waals surface area (Å²) >= 11 is 0. The number of nitrogens with zero attached hydrogens (tertiary/aromatic N) is 1. The van der Waals surface area contributed by atoms with Crippen LogP contribution in [0.15, 0.2) is 39.5 Å². The molecule has 4 heteroatoms. The van der Waals surface area contributed by atoms with Gasteiger partial charge in [0, 0.05) is 11.6 Å². The molecule has 0 spiro atoms. The molecule has 2 N–H and O–H groups in total. The fraction of sp³-hybridized carbons (Fsp3) is 0.0909. The third kappa shape index (κ3) is 2.04. The largest absolute Gasteiger partial charge is 0.425 e. The normalized spacial score (nSPS) is 10.2. The second-order valence-corrected chi connectivity index (χ2v) is 3.27. The predicted molar refractivity (Wildman–Crippen MR) is 57.4 cm³/mol. The van der Waals surface area contributed by atoms with Gasteiger partial charge in [-0.2, -0.15) is 4.98 Å². The summed E-state index contributed by atoms with van der Waals surface area (Å²) in [6.45, 7) is 1.96. The smallest absolute Gasteiger partial charge is 0.295 e. The van der Waals surface area contributed by atoms with Crippen LogP contribution in [0.4, 0.5) is 6.01 Å². The first-order chi connectivity index (χ1) is 7.15. The number of aryl methyl sites for hydroxylation is 1. The average Bonchev–Trinajstić information content (AvgIpc) is 2.16. The Labute approximate surface area is 86.4 Å². The van der Waals surface area contributed by atoms with Crippen LogP contribution in [-0.4, -0.2) is 4.98 Å². The lowest BCUT2D eigenvalue weighted by atomic mass is 10.1. The van der Waals surface area contributed by atoms with Gasteiger partial charge in [0.1, 0.15) is 5.76 Å². The van der Waals surface area contributed by atoms with Crippen LogP contribution < -0.4 is 11.3 Å². The monoisotopic (exact) mass is 202 g/mol. The zero-order chi connectivity index (χ0) is 10.8. The van der Waals surface area contributed by atoms with E-state index in [4.69, 9.17) is 10.2 Å². The minimum Gasteiger partial charge on any atom is -0.425 e. The van der Waals surface area contributed by atoms with Crippen molar-refractivity contribution in [1.29, 1.82) is 0 Å². The molecule has 0 saturated heterocycles. The van der Waals surface area contributed by atoms with E-state index in [1.807, 2.05) is 31.2 Å². The summed E-state index contributed by atoms with van der Waals surface area (Å²) in [6.07, 6.45) is 0. The van der Waals surface area contributed by atoms with Crippen LogP contribution in [0.2, 0.25) is 0 Å². The number of rotatable bonds is 1. The van der Waals surface area contributed by atoms with Crippen LogP contribution in [-0.2, 0) is 0 Å². The molecule has 0 fully saturated rings. The number of hydrogen-bond acceptors (Lipinski definition) is 4. The van der Waals surface area contributed by atoms with Crippen molar-refractivity contribution in [2.24, 2.45) is 0 Å². The van der Waals surface area contributed by atoms with Crippen LogP contribution in [0.3, 0.4) is 0 Å². The molecule has 0 atom stereocenters. The van der Waals surface area contributed by atoms with E-state index < -0.39 is 5.56 Å². The van der Waals surface area contributed by atoms with Crippen molar-refractivity contribution >= 4 is 6.01 Å². The molecular formula is C11H10N2O2. The summed E-state index contributed by atoms with van der Waals surface area (Å²) in [5, 5.41) is 0. The van der Waals surface area contributed by atoms with Crippen molar-refractivity contribution in [2.75, 3.05) is 5.73 Å². The van der Waals surface area contributed by atoms with Crippen molar-refractivity contribution in [1.82, 2.24) is 4.98 Å². The number of anilines is 1. The summed E-state index contributed by atoms with van der Waals surface area (Å²) in [5.41, 5.74) is 6.87. The first-order valence-electron chi connectivity index (χ1n) is 4.50. The van der Waals surface area contributed by atoms with E-state index in [-0.39, 0.29) is 6.01 Å². The first kappa shape index (κ1) is 9.45. The zero-order valence-corrected chi connectivity index (χ0v) is 8.23. The minimum atomic E-state index is -0.393. The van der Waals surface area contributed by atoms with Gasteiger partial charge in [-0.3, -0.25) is 4.79 Å². The highest BCUT2D eigenvalue weighted by atomic mass is 16.4. The van der Waals surface area contributed by atoms with Gasteiger partial charge in [0.25, 0.3) is 11.6 Å². The summed E-state index contributed by atoms with van der Waals surface area (Å²) in [6, 6.07) is 8.83. The second-order valence-electron chi connectivity index (χ2n) is 3.27. The fourth-order valence-electron chi connectivity index (χ4n) is 1.36. The quantitative estimate of drug-likeness (QED) is 0.762. The molecule has 0 saturated carbocycles. The van der Waals surface area contributed by atoms with Crippen molar-refractivity contribution in [3.8, 4) is 11.3 Å². The molecule has 1 heterocycles. The molecule has 0 radical (unpaired) electrons. The maximum atomic E-state index is 11.1. The summed E-state index contributed by atoms with van der Waals surface area (Å²) in [7, 11) is 0. The molecule has 15 heavy (non-hydrogen) atoms. The van der Waals surface area contributed by atoms with Crippen molar-refractivity contribution in [3.05, 3.63) is 46.2 Å². The van der Waals surface area contributed by atoms with E-state index in [2.05, 4.69) is 4.98 Å².